The molecule has 3 N–H and O–H groups in total. The number of carbonyl (C=O) groups is 1. The summed E-state index contributed by atoms with van der Waals surface area (Å²) in [6.45, 7) is 17.0. The predicted octanol–water partition coefficient (Wildman–Crippen LogP) is 11.9. The third-order valence-electron chi connectivity index (χ3n) is 17.2. The van der Waals surface area contributed by atoms with E-state index in [4.69, 9.17) is 14.2 Å². The summed E-state index contributed by atoms with van der Waals surface area (Å²) in [5, 5.41) is 32.5. The molecule has 1 heterocycles. The number of rotatable bonds is 24. The van der Waals surface area contributed by atoms with Crippen LogP contribution in [0.1, 0.15) is 209 Å². The average molecular weight is 815 g/mol. The van der Waals surface area contributed by atoms with E-state index >= 15 is 0 Å². The van der Waals surface area contributed by atoms with Gasteiger partial charge in [-0.25, -0.2) is 0 Å². The van der Waals surface area contributed by atoms with Gasteiger partial charge in [-0.2, -0.15) is 0 Å². The van der Waals surface area contributed by atoms with Gasteiger partial charge >= 0.3 is 5.97 Å². The van der Waals surface area contributed by atoms with Gasteiger partial charge in [0.2, 0.25) is 0 Å². The van der Waals surface area contributed by atoms with E-state index in [0.717, 1.165) is 80.5 Å². The summed E-state index contributed by atoms with van der Waals surface area (Å²) < 4.78 is 18.0. The Morgan fingerprint density at radius 2 is 1.45 bits per heavy atom. The molecule has 0 amide bonds. The van der Waals surface area contributed by atoms with Crippen molar-refractivity contribution in [3.05, 3.63) is 11.6 Å². The first-order chi connectivity index (χ1) is 27.8. The Bertz CT molecular complexity index is 1250. The normalized spacial score (nSPS) is 37.1. The number of carbonyl (C=O) groups excluding carboxylic acids is 1. The molecule has 7 heteroatoms. The molecule has 1 aliphatic heterocycles. The van der Waals surface area contributed by atoms with Crippen LogP contribution in [0, 0.1) is 52.3 Å². The second-order valence-electron chi connectivity index (χ2n) is 21.1. The molecule has 5 aliphatic rings. The Kier molecular flexibility index (Phi) is 19.0. The van der Waals surface area contributed by atoms with E-state index in [-0.39, 0.29) is 24.1 Å². The number of fused-ring (bicyclic) bond motifs is 5. The summed E-state index contributed by atoms with van der Waals surface area (Å²) in [5.41, 5.74) is 2.13. The van der Waals surface area contributed by atoms with Gasteiger partial charge in [-0.1, -0.05) is 150 Å². The van der Waals surface area contributed by atoms with Gasteiger partial charge in [-0.05, 0) is 116 Å². The van der Waals surface area contributed by atoms with Crippen molar-refractivity contribution in [3.8, 4) is 0 Å². The van der Waals surface area contributed by atoms with Crippen molar-refractivity contribution in [2.75, 3.05) is 6.61 Å². The number of ether oxygens (including phenoxy) is 3. The lowest BCUT2D eigenvalue weighted by molar-refractivity contribution is -0.313. The lowest BCUT2D eigenvalue weighted by atomic mass is 9.47. The monoisotopic (exact) mass is 815 g/mol. The fraction of sp³-hybridized carbons (Fsp3) is 0.941. The molecule has 58 heavy (non-hydrogen) atoms. The third-order valence-corrected chi connectivity index (χ3v) is 17.2. The number of aliphatic hydroxyl groups is 3. The van der Waals surface area contributed by atoms with E-state index in [0.29, 0.717) is 17.8 Å². The molecule has 0 aromatic heterocycles. The Labute approximate surface area is 355 Å². The largest absolute Gasteiger partial charge is 0.463 e. The smallest absolute Gasteiger partial charge is 0.305 e. The average Bonchev–Trinajstić information content (AvgIpc) is 3.56. The van der Waals surface area contributed by atoms with Crippen molar-refractivity contribution in [2.24, 2.45) is 52.3 Å². The first-order valence-corrected chi connectivity index (χ1v) is 25.0. The SMILES string of the molecule is CCCCCCCCCCCCCCCC(=O)OC[C@H]1O[C@@H](O[C@H]2CC[C@@]3(C)C(=CCC4C5CC[C@H]([C@H](C)CCC(CC)C(C)C)C5(C)CCC43)C2)[C@H](O)[C@H](O)[C@@H]1O. The van der Waals surface area contributed by atoms with Gasteiger partial charge in [0.05, 0.1) is 6.10 Å². The first-order valence-electron chi connectivity index (χ1n) is 25.0. The summed E-state index contributed by atoms with van der Waals surface area (Å²) in [6.07, 6.45) is 26.1. The second kappa shape index (κ2) is 22.9. The topological polar surface area (TPSA) is 105 Å². The van der Waals surface area contributed by atoms with Crippen molar-refractivity contribution < 1.29 is 34.3 Å². The van der Waals surface area contributed by atoms with Crippen molar-refractivity contribution in [2.45, 2.75) is 246 Å². The minimum Gasteiger partial charge on any atom is -0.463 e. The number of unbranched alkanes of at least 4 members (excludes halogenated alkanes) is 12. The van der Waals surface area contributed by atoms with Gasteiger partial charge in [-0.15, -0.1) is 0 Å². The highest BCUT2D eigenvalue weighted by Gasteiger charge is 2.59. The van der Waals surface area contributed by atoms with Crippen molar-refractivity contribution in [3.63, 3.8) is 0 Å². The zero-order chi connectivity index (χ0) is 41.9. The van der Waals surface area contributed by atoms with Gasteiger partial charge in [0, 0.05) is 6.42 Å². The van der Waals surface area contributed by atoms with Crippen LogP contribution in [0.2, 0.25) is 0 Å². The number of allylic oxidation sites excluding steroid dienone is 1. The Morgan fingerprint density at radius 1 is 0.793 bits per heavy atom. The molecule has 0 radical (unpaired) electrons. The molecule has 0 spiro atoms. The van der Waals surface area contributed by atoms with Crippen LogP contribution < -0.4 is 0 Å². The molecule has 4 aliphatic carbocycles. The molecule has 4 fully saturated rings. The van der Waals surface area contributed by atoms with E-state index in [2.05, 4.69) is 54.5 Å². The van der Waals surface area contributed by atoms with Crippen LogP contribution in [0.15, 0.2) is 11.6 Å². The van der Waals surface area contributed by atoms with Crippen molar-refractivity contribution in [1.82, 2.24) is 0 Å². The highest BCUT2D eigenvalue weighted by Crippen LogP contribution is 2.67. The summed E-state index contributed by atoms with van der Waals surface area (Å²) >= 11 is 0. The minimum absolute atomic E-state index is 0.139. The Morgan fingerprint density at radius 3 is 2.09 bits per heavy atom. The summed E-state index contributed by atoms with van der Waals surface area (Å²) in [6, 6.07) is 0. The minimum atomic E-state index is -1.44. The number of hydrogen-bond donors (Lipinski definition) is 3. The van der Waals surface area contributed by atoms with Crippen LogP contribution in [0.3, 0.4) is 0 Å². The molecule has 7 nitrogen and oxygen atoms in total. The molecule has 5 unspecified atom stereocenters. The third kappa shape index (κ3) is 11.9. The van der Waals surface area contributed by atoms with Crippen LogP contribution >= 0.6 is 0 Å². The fourth-order valence-electron chi connectivity index (χ4n) is 13.3. The fourth-order valence-corrected chi connectivity index (χ4v) is 13.3. The molecule has 3 saturated carbocycles. The number of hydrogen-bond acceptors (Lipinski definition) is 7. The molecule has 336 valence electrons. The lowest BCUT2D eigenvalue weighted by Crippen LogP contribution is -2.60. The quantitative estimate of drug-likeness (QED) is 0.0506. The summed E-state index contributed by atoms with van der Waals surface area (Å²) in [7, 11) is 0. The van der Waals surface area contributed by atoms with E-state index in [1.54, 1.807) is 0 Å². The molecule has 14 atom stereocenters. The van der Waals surface area contributed by atoms with Gasteiger partial charge in [-0.3, -0.25) is 4.79 Å². The first kappa shape index (κ1) is 48.0. The van der Waals surface area contributed by atoms with Crippen LogP contribution in [0.25, 0.3) is 0 Å². The molecule has 1 saturated heterocycles. The standard InChI is InChI=1S/C51H90O7/c1-8-10-11-12-13-14-15-16-17-18-19-20-21-22-45(52)56-34-44-46(53)47(54)48(55)49(58-44)57-39-29-31-50(6)38(33-39)25-26-40-42-28-27-41(51(42,7)32-30-43(40)50)36(5)23-24-37(9-2)35(3)4/h25,35-37,39-44,46-49,53-55H,8-24,26-34H2,1-7H3/t36-,37?,39+,40?,41-,42?,43?,44-,46-,47-,48-,49-,50+,51?/m1/s1. The zero-order valence-electron chi connectivity index (χ0n) is 38.4. The summed E-state index contributed by atoms with van der Waals surface area (Å²) in [4.78, 5) is 12.6. The number of aliphatic hydroxyl groups excluding tert-OH is 3. The van der Waals surface area contributed by atoms with Gasteiger partial charge < -0.3 is 29.5 Å². The maximum absolute atomic E-state index is 12.6. The lowest BCUT2D eigenvalue weighted by Gasteiger charge is -2.58. The second-order valence-corrected chi connectivity index (χ2v) is 21.1. The highest BCUT2D eigenvalue weighted by atomic mass is 16.7. The van der Waals surface area contributed by atoms with Crippen molar-refractivity contribution >= 4 is 5.97 Å². The zero-order valence-corrected chi connectivity index (χ0v) is 38.4. The van der Waals surface area contributed by atoms with Gasteiger partial charge in [0.25, 0.3) is 0 Å². The van der Waals surface area contributed by atoms with E-state index in [1.165, 1.54) is 115 Å². The van der Waals surface area contributed by atoms with Gasteiger partial charge in [0.1, 0.15) is 31.0 Å². The molecular weight excluding hydrogens is 725 g/mol. The van der Waals surface area contributed by atoms with Gasteiger partial charge in [0.15, 0.2) is 6.29 Å². The Balaban J connectivity index is 1.04. The van der Waals surface area contributed by atoms with E-state index < -0.39 is 30.7 Å². The van der Waals surface area contributed by atoms with E-state index in [1.807, 2.05) is 0 Å². The molecule has 0 bridgehead atoms. The Hall–Kier alpha value is -0.990. The number of esters is 1. The molecular formula is C51H90O7. The molecule has 0 aromatic rings. The maximum Gasteiger partial charge on any atom is 0.305 e. The maximum atomic E-state index is 12.6. The highest BCUT2D eigenvalue weighted by molar-refractivity contribution is 5.69. The van der Waals surface area contributed by atoms with E-state index in [9.17, 15) is 20.1 Å². The molecule has 0 aromatic carbocycles. The van der Waals surface area contributed by atoms with Crippen LogP contribution in [0.4, 0.5) is 0 Å². The van der Waals surface area contributed by atoms with Crippen molar-refractivity contribution in [1.29, 1.82) is 0 Å². The summed E-state index contributed by atoms with van der Waals surface area (Å²) in [5.74, 6) is 5.24. The predicted molar refractivity (Wildman–Crippen MR) is 235 cm³/mol. The van der Waals surface area contributed by atoms with Crippen LogP contribution in [0.5, 0.6) is 0 Å². The molecule has 5 rings (SSSR count). The van der Waals surface area contributed by atoms with Crippen LogP contribution in [-0.2, 0) is 19.0 Å². The van der Waals surface area contributed by atoms with Crippen LogP contribution in [-0.4, -0.2) is 64.7 Å².